The Labute approximate surface area is 176 Å². The van der Waals surface area contributed by atoms with Crippen LogP contribution in [0.15, 0.2) is 52.4 Å². The van der Waals surface area contributed by atoms with E-state index in [0.29, 0.717) is 22.2 Å². The zero-order valence-corrected chi connectivity index (χ0v) is 17.5. The Morgan fingerprint density at radius 3 is 2.70 bits per heavy atom. The van der Waals surface area contributed by atoms with E-state index < -0.39 is 28.5 Å². The SMILES string of the molecule is COC(=O)Cn1c(S[C@H](C)C(=O)Nc2ccc(C)c(F)c2)nc2ccccc2c1=O. The maximum Gasteiger partial charge on any atom is 0.325 e. The number of hydrogen-bond acceptors (Lipinski definition) is 6. The first-order valence-electron chi connectivity index (χ1n) is 9.10. The van der Waals surface area contributed by atoms with Crippen molar-refractivity contribution in [3.8, 4) is 0 Å². The number of amides is 1. The highest BCUT2D eigenvalue weighted by molar-refractivity contribution is 8.00. The Hall–Kier alpha value is -3.20. The summed E-state index contributed by atoms with van der Waals surface area (Å²) in [6.45, 7) is 2.94. The van der Waals surface area contributed by atoms with Crippen LogP contribution in [0.2, 0.25) is 0 Å². The molecule has 0 unspecified atom stereocenters. The van der Waals surface area contributed by atoms with Crippen LogP contribution in [-0.4, -0.2) is 33.8 Å². The van der Waals surface area contributed by atoms with E-state index in [1.165, 1.54) is 17.7 Å². The zero-order valence-electron chi connectivity index (χ0n) is 16.6. The molecule has 0 saturated carbocycles. The highest BCUT2D eigenvalue weighted by Gasteiger charge is 2.21. The number of fused-ring (bicyclic) bond motifs is 1. The number of esters is 1. The van der Waals surface area contributed by atoms with E-state index in [1.54, 1.807) is 50.2 Å². The van der Waals surface area contributed by atoms with Gasteiger partial charge in [0.15, 0.2) is 5.16 Å². The quantitative estimate of drug-likeness (QED) is 0.368. The van der Waals surface area contributed by atoms with Gasteiger partial charge in [-0.15, -0.1) is 0 Å². The lowest BCUT2D eigenvalue weighted by Crippen LogP contribution is -2.29. The molecule has 2 aromatic carbocycles. The van der Waals surface area contributed by atoms with Crippen molar-refractivity contribution in [2.75, 3.05) is 12.4 Å². The number of aromatic nitrogens is 2. The molecule has 0 saturated heterocycles. The summed E-state index contributed by atoms with van der Waals surface area (Å²) in [4.78, 5) is 41.7. The molecule has 0 aliphatic carbocycles. The summed E-state index contributed by atoms with van der Waals surface area (Å²) in [5.74, 6) is -1.42. The van der Waals surface area contributed by atoms with E-state index in [-0.39, 0.29) is 11.7 Å². The third kappa shape index (κ3) is 4.68. The molecule has 1 amide bonds. The molecule has 1 heterocycles. The molecular weight excluding hydrogens is 409 g/mol. The van der Waals surface area contributed by atoms with Gasteiger partial charge in [0, 0.05) is 5.69 Å². The number of hydrogen-bond donors (Lipinski definition) is 1. The van der Waals surface area contributed by atoms with Crippen LogP contribution < -0.4 is 10.9 Å². The van der Waals surface area contributed by atoms with E-state index in [4.69, 9.17) is 0 Å². The molecule has 0 aliphatic heterocycles. The van der Waals surface area contributed by atoms with Gasteiger partial charge in [-0.2, -0.15) is 0 Å². The molecule has 3 rings (SSSR count). The lowest BCUT2D eigenvalue weighted by molar-refractivity contribution is -0.141. The molecule has 7 nitrogen and oxygen atoms in total. The largest absolute Gasteiger partial charge is 0.468 e. The summed E-state index contributed by atoms with van der Waals surface area (Å²) in [5.41, 5.74) is 0.859. The Morgan fingerprint density at radius 2 is 2.00 bits per heavy atom. The number of ether oxygens (including phenoxy) is 1. The van der Waals surface area contributed by atoms with Crippen molar-refractivity contribution in [1.29, 1.82) is 0 Å². The first-order valence-corrected chi connectivity index (χ1v) is 9.98. The number of benzene rings is 2. The van der Waals surface area contributed by atoms with E-state index in [9.17, 15) is 18.8 Å². The molecule has 3 aromatic rings. The number of nitrogens with one attached hydrogen (secondary N) is 1. The van der Waals surface area contributed by atoms with Crippen LogP contribution in [0.4, 0.5) is 10.1 Å². The molecule has 0 bridgehead atoms. The van der Waals surface area contributed by atoms with Crippen molar-refractivity contribution >= 4 is 40.2 Å². The number of aryl methyl sites for hydroxylation is 1. The number of anilines is 1. The van der Waals surface area contributed by atoms with E-state index in [1.807, 2.05) is 0 Å². The minimum absolute atomic E-state index is 0.210. The Bertz CT molecular complexity index is 1180. The van der Waals surface area contributed by atoms with E-state index in [0.717, 1.165) is 11.8 Å². The molecule has 30 heavy (non-hydrogen) atoms. The minimum Gasteiger partial charge on any atom is -0.468 e. The topological polar surface area (TPSA) is 90.3 Å². The van der Waals surface area contributed by atoms with Crippen LogP contribution >= 0.6 is 11.8 Å². The molecule has 156 valence electrons. The number of carbonyl (C=O) groups is 2. The maximum absolute atomic E-state index is 13.7. The fraction of sp³-hybridized carbons (Fsp3) is 0.238. The van der Waals surface area contributed by atoms with Gasteiger partial charge < -0.3 is 10.1 Å². The molecular formula is C21H20FN3O4S. The minimum atomic E-state index is -0.675. The number of rotatable bonds is 6. The molecule has 0 radical (unpaired) electrons. The average Bonchev–Trinajstić information content (AvgIpc) is 2.73. The first kappa shape index (κ1) is 21.5. The first-order chi connectivity index (χ1) is 14.3. The van der Waals surface area contributed by atoms with Crippen LogP contribution in [0.3, 0.4) is 0 Å². The Morgan fingerprint density at radius 1 is 1.27 bits per heavy atom. The van der Waals surface area contributed by atoms with Gasteiger partial charge in [-0.1, -0.05) is 30.0 Å². The molecule has 1 aromatic heterocycles. The van der Waals surface area contributed by atoms with E-state index in [2.05, 4.69) is 15.0 Å². The number of nitrogens with zero attached hydrogens (tertiary/aromatic N) is 2. The second-order valence-electron chi connectivity index (χ2n) is 6.59. The molecule has 1 N–H and O–H groups in total. The summed E-state index contributed by atoms with van der Waals surface area (Å²) < 4.78 is 19.6. The predicted molar refractivity (Wildman–Crippen MR) is 113 cm³/mol. The smallest absolute Gasteiger partial charge is 0.325 e. The predicted octanol–water partition coefficient (Wildman–Crippen LogP) is 3.14. The third-order valence-corrected chi connectivity index (χ3v) is 5.52. The fourth-order valence-corrected chi connectivity index (χ4v) is 3.60. The van der Waals surface area contributed by atoms with Gasteiger partial charge in [-0.25, -0.2) is 9.37 Å². The molecule has 0 spiro atoms. The van der Waals surface area contributed by atoms with Gasteiger partial charge in [0.1, 0.15) is 12.4 Å². The number of para-hydroxylation sites is 1. The van der Waals surface area contributed by atoms with Gasteiger partial charge in [-0.3, -0.25) is 19.0 Å². The summed E-state index contributed by atoms with van der Waals surface area (Å²) in [7, 11) is 1.23. The highest BCUT2D eigenvalue weighted by atomic mass is 32.2. The van der Waals surface area contributed by atoms with Gasteiger partial charge in [0.2, 0.25) is 5.91 Å². The van der Waals surface area contributed by atoms with Gasteiger partial charge in [0.25, 0.3) is 5.56 Å². The van der Waals surface area contributed by atoms with Crippen molar-refractivity contribution in [2.24, 2.45) is 0 Å². The van der Waals surface area contributed by atoms with Crippen LogP contribution in [0.25, 0.3) is 10.9 Å². The number of thioether (sulfide) groups is 1. The second kappa shape index (κ2) is 9.08. The van der Waals surface area contributed by atoms with Crippen molar-refractivity contribution in [2.45, 2.75) is 30.8 Å². The third-order valence-electron chi connectivity index (χ3n) is 4.43. The van der Waals surface area contributed by atoms with Crippen LogP contribution in [0.5, 0.6) is 0 Å². The summed E-state index contributed by atoms with van der Waals surface area (Å²) in [5, 5.41) is 2.54. The van der Waals surface area contributed by atoms with Crippen LogP contribution in [0, 0.1) is 12.7 Å². The monoisotopic (exact) mass is 429 g/mol. The fourth-order valence-electron chi connectivity index (χ4n) is 2.70. The van der Waals surface area contributed by atoms with Crippen molar-refractivity contribution in [3.63, 3.8) is 0 Å². The van der Waals surface area contributed by atoms with Gasteiger partial charge in [0.05, 0.1) is 23.3 Å². The lowest BCUT2D eigenvalue weighted by Gasteiger charge is -2.16. The van der Waals surface area contributed by atoms with E-state index >= 15 is 0 Å². The normalized spacial score (nSPS) is 11.9. The zero-order chi connectivity index (χ0) is 21.8. The molecule has 0 fully saturated rings. The average molecular weight is 429 g/mol. The summed E-state index contributed by atoms with van der Waals surface area (Å²) >= 11 is 1.02. The maximum atomic E-state index is 13.7. The Balaban J connectivity index is 1.89. The standard InChI is InChI=1S/C21H20FN3O4S/c1-12-8-9-14(10-16(12)22)23-19(27)13(2)30-21-24-17-7-5-4-6-15(17)20(28)25(21)11-18(26)29-3/h4-10,13H,11H2,1-3H3,(H,23,27)/t13-/m1/s1. The number of methoxy groups -OCH3 is 1. The molecule has 1 atom stereocenters. The van der Waals surface area contributed by atoms with Crippen molar-refractivity contribution < 1.29 is 18.7 Å². The van der Waals surface area contributed by atoms with Crippen LogP contribution in [0.1, 0.15) is 12.5 Å². The summed E-state index contributed by atoms with van der Waals surface area (Å²) in [6, 6.07) is 11.2. The highest BCUT2D eigenvalue weighted by Crippen LogP contribution is 2.24. The number of carbonyl (C=O) groups excluding carboxylic acids is 2. The Kier molecular flexibility index (Phi) is 6.51. The number of halogens is 1. The van der Waals surface area contributed by atoms with Gasteiger partial charge >= 0.3 is 5.97 Å². The second-order valence-corrected chi connectivity index (χ2v) is 7.90. The summed E-state index contributed by atoms with van der Waals surface area (Å²) in [6.07, 6.45) is 0. The molecule has 0 aliphatic rings. The van der Waals surface area contributed by atoms with Crippen LogP contribution in [-0.2, 0) is 20.9 Å². The van der Waals surface area contributed by atoms with Crippen molar-refractivity contribution in [3.05, 3.63) is 64.2 Å². The van der Waals surface area contributed by atoms with Crippen molar-refractivity contribution in [1.82, 2.24) is 9.55 Å². The van der Waals surface area contributed by atoms with Gasteiger partial charge in [-0.05, 0) is 43.7 Å². The molecule has 9 heteroatoms. The lowest BCUT2D eigenvalue weighted by atomic mass is 10.2.